The predicted molar refractivity (Wildman–Crippen MR) is 71.6 cm³/mol. The monoisotopic (exact) mass is 261 g/mol. The van der Waals surface area contributed by atoms with Gasteiger partial charge in [0.25, 0.3) is 0 Å². The molecule has 4 nitrogen and oxygen atoms in total. The third kappa shape index (κ3) is 3.34. The fraction of sp³-hybridized carbons (Fsp3) is 0.467. The Morgan fingerprint density at radius 3 is 2.37 bits per heavy atom. The van der Waals surface area contributed by atoms with Gasteiger partial charge in [0.05, 0.1) is 0 Å². The quantitative estimate of drug-likeness (QED) is 0.822. The number of benzene rings is 1. The van der Waals surface area contributed by atoms with E-state index in [-0.39, 0.29) is 30.6 Å². The van der Waals surface area contributed by atoms with Crippen LogP contribution in [0.2, 0.25) is 0 Å². The first-order chi connectivity index (χ1) is 9.08. The number of carbonyl (C=O) groups excluding carboxylic acids is 2. The second-order valence-corrected chi connectivity index (χ2v) is 5.09. The van der Waals surface area contributed by atoms with Crippen LogP contribution in [0, 0.1) is 0 Å². The highest BCUT2D eigenvalue weighted by molar-refractivity contribution is 5.82. The minimum atomic E-state index is -0.337. The molecule has 2 atom stereocenters. The Kier molecular flexibility index (Phi) is 4.20. The maximum atomic E-state index is 12.1. The first-order valence-electron chi connectivity index (χ1n) is 6.58. The Morgan fingerprint density at radius 2 is 1.79 bits per heavy atom. The van der Waals surface area contributed by atoms with Gasteiger partial charge >= 0.3 is 6.09 Å². The lowest BCUT2D eigenvalue weighted by molar-refractivity contribution is -0.124. The summed E-state index contributed by atoms with van der Waals surface area (Å²) in [5.41, 5.74) is 0.962. The highest BCUT2D eigenvalue weighted by atomic mass is 16.6. The van der Waals surface area contributed by atoms with Crippen LogP contribution in [0.25, 0.3) is 0 Å². The third-order valence-corrected chi connectivity index (χ3v) is 3.41. The summed E-state index contributed by atoms with van der Waals surface area (Å²) in [5.74, 6) is 0.215. The highest BCUT2D eigenvalue weighted by Crippen LogP contribution is 2.21. The smallest absolute Gasteiger partial charge is 0.410 e. The fourth-order valence-electron chi connectivity index (χ4n) is 2.53. The first-order valence-corrected chi connectivity index (χ1v) is 6.58. The summed E-state index contributed by atoms with van der Waals surface area (Å²) in [5, 5.41) is 0. The maximum Gasteiger partial charge on any atom is 0.410 e. The molecule has 0 aliphatic carbocycles. The highest BCUT2D eigenvalue weighted by Gasteiger charge is 2.33. The van der Waals surface area contributed by atoms with Gasteiger partial charge in [-0.1, -0.05) is 30.3 Å². The van der Waals surface area contributed by atoms with Crippen LogP contribution in [0.15, 0.2) is 30.3 Å². The minimum absolute atomic E-state index is 0.0838. The van der Waals surface area contributed by atoms with E-state index < -0.39 is 0 Å². The molecule has 1 fully saturated rings. The zero-order valence-corrected chi connectivity index (χ0v) is 11.3. The zero-order valence-electron chi connectivity index (χ0n) is 11.3. The standard InChI is InChI=1S/C15H19NO3/c1-11-8-14(17)9-12(2)16(11)15(18)19-10-13-6-4-3-5-7-13/h3-7,11-12H,8-10H2,1-2H3/t11-,12-/m1/s1. The number of amides is 1. The normalized spacial score (nSPS) is 23.3. The van der Waals surface area contributed by atoms with Gasteiger partial charge in [0.2, 0.25) is 0 Å². The number of ether oxygens (including phenoxy) is 1. The van der Waals surface area contributed by atoms with E-state index in [1.165, 1.54) is 0 Å². The largest absolute Gasteiger partial charge is 0.445 e. The molecular formula is C15H19NO3. The predicted octanol–water partition coefficient (Wildman–Crippen LogP) is 2.77. The van der Waals surface area contributed by atoms with Gasteiger partial charge in [-0.05, 0) is 19.4 Å². The molecule has 1 saturated heterocycles. The van der Waals surface area contributed by atoms with Gasteiger partial charge in [-0.2, -0.15) is 0 Å². The summed E-state index contributed by atoms with van der Waals surface area (Å²) in [7, 11) is 0. The summed E-state index contributed by atoms with van der Waals surface area (Å²) >= 11 is 0. The van der Waals surface area contributed by atoms with E-state index in [2.05, 4.69) is 0 Å². The van der Waals surface area contributed by atoms with E-state index in [0.717, 1.165) is 5.56 Å². The van der Waals surface area contributed by atoms with E-state index >= 15 is 0 Å². The number of piperidine rings is 1. The van der Waals surface area contributed by atoms with Crippen molar-refractivity contribution in [2.45, 2.75) is 45.4 Å². The maximum absolute atomic E-state index is 12.1. The summed E-state index contributed by atoms with van der Waals surface area (Å²) in [6.07, 6.45) is 0.506. The number of hydrogen-bond acceptors (Lipinski definition) is 3. The van der Waals surface area contributed by atoms with Crippen LogP contribution < -0.4 is 0 Å². The topological polar surface area (TPSA) is 46.6 Å². The number of likely N-dealkylation sites (tertiary alicyclic amines) is 1. The third-order valence-electron chi connectivity index (χ3n) is 3.41. The molecule has 102 valence electrons. The molecule has 1 heterocycles. The van der Waals surface area contributed by atoms with E-state index in [4.69, 9.17) is 4.74 Å². The Morgan fingerprint density at radius 1 is 1.21 bits per heavy atom. The van der Waals surface area contributed by atoms with Crippen molar-refractivity contribution in [3.63, 3.8) is 0 Å². The SMILES string of the molecule is C[C@@H]1CC(=O)C[C@@H](C)N1C(=O)OCc1ccccc1. The zero-order chi connectivity index (χ0) is 13.8. The molecule has 0 aromatic heterocycles. The summed E-state index contributed by atoms with van der Waals surface area (Å²) < 4.78 is 5.32. The van der Waals surface area contributed by atoms with E-state index in [9.17, 15) is 9.59 Å². The first kappa shape index (κ1) is 13.6. The second-order valence-electron chi connectivity index (χ2n) is 5.09. The van der Waals surface area contributed by atoms with Gasteiger partial charge in [0, 0.05) is 24.9 Å². The summed E-state index contributed by atoms with van der Waals surface area (Å²) in [6.45, 7) is 4.04. The number of hydrogen-bond donors (Lipinski definition) is 0. The summed E-state index contributed by atoms with van der Waals surface area (Å²) in [6, 6.07) is 9.41. The van der Waals surface area contributed by atoms with Crippen LogP contribution in [-0.4, -0.2) is 28.9 Å². The average Bonchev–Trinajstić information content (AvgIpc) is 2.36. The molecule has 2 rings (SSSR count). The van der Waals surface area contributed by atoms with Crippen molar-refractivity contribution in [2.75, 3.05) is 0 Å². The number of nitrogens with zero attached hydrogens (tertiary/aromatic N) is 1. The Bertz CT molecular complexity index is 444. The van der Waals surface area contributed by atoms with Crippen molar-refractivity contribution in [2.24, 2.45) is 0 Å². The van der Waals surface area contributed by atoms with Crippen molar-refractivity contribution in [1.29, 1.82) is 0 Å². The number of Topliss-reactive ketones (excluding diaryl/α,β-unsaturated/α-hetero) is 1. The Labute approximate surface area is 113 Å². The van der Waals surface area contributed by atoms with Crippen LogP contribution in [-0.2, 0) is 16.1 Å². The molecule has 19 heavy (non-hydrogen) atoms. The lowest BCUT2D eigenvalue weighted by Gasteiger charge is -2.37. The summed E-state index contributed by atoms with van der Waals surface area (Å²) in [4.78, 5) is 25.2. The van der Waals surface area contributed by atoms with Crippen LogP contribution in [0.1, 0.15) is 32.3 Å². The minimum Gasteiger partial charge on any atom is -0.445 e. The van der Waals surface area contributed by atoms with Crippen molar-refractivity contribution in [3.05, 3.63) is 35.9 Å². The van der Waals surface area contributed by atoms with Crippen LogP contribution in [0.5, 0.6) is 0 Å². The number of rotatable bonds is 2. The van der Waals surface area contributed by atoms with Crippen molar-refractivity contribution >= 4 is 11.9 Å². The van der Waals surface area contributed by atoms with Crippen molar-refractivity contribution < 1.29 is 14.3 Å². The van der Waals surface area contributed by atoms with Crippen molar-refractivity contribution in [3.8, 4) is 0 Å². The van der Waals surface area contributed by atoms with E-state index in [1.807, 2.05) is 44.2 Å². The molecule has 1 amide bonds. The molecule has 0 radical (unpaired) electrons. The van der Waals surface area contributed by atoms with E-state index in [1.54, 1.807) is 4.90 Å². The lowest BCUT2D eigenvalue weighted by Crippen LogP contribution is -2.50. The van der Waals surface area contributed by atoms with Gasteiger partial charge in [0.15, 0.2) is 0 Å². The number of ketones is 1. The van der Waals surface area contributed by atoms with Crippen LogP contribution in [0.3, 0.4) is 0 Å². The average molecular weight is 261 g/mol. The molecule has 1 aromatic rings. The molecule has 0 N–H and O–H groups in total. The Balaban J connectivity index is 1.94. The van der Waals surface area contributed by atoms with Gasteiger partial charge in [-0.15, -0.1) is 0 Å². The second kappa shape index (κ2) is 5.87. The van der Waals surface area contributed by atoms with Gasteiger partial charge in [0.1, 0.15) is 12.4 Å². The molecule has 1 aliphatic rings. The van der Waals surface area contributed by atoms with Crippen LogP contribution in [0.4, 0.5) is 4.79 Å². The van der Waals surface area contributed by atoms with Crippen molar-refractivity contribution in [1.82, 2.24) is 4.90 Å². The molecule has 1 aromatic carbocycles. The van der Waals surface area contributed by atoms with Crippen LogP contribution >= 0.6 is 0 Å². The molecule has 0 saturated carbocycles. The molecule has 0 spiro atoms. The molecular weight excluding hydrogens is 242 g/mol. The van der Waals surface area contributed by atoms with Gasteiger partial charge in [-0.25, -0.2) is 4.79 Å². The molecule has 1 aliphatic heterocycles. The Hall–Kier alpha value is -1.84. The van der Waals surface area contributed by atoms with Gasteiger partial charge in [-0.3, -0.25) is 4.79 Å². The fourth-order valence-corrected chi connectivity index (χ4v) is 2.53. The molecule has 0 bridgehead atoms. The molecule has 4 heteroatoms. The number of carbonyl (C=O) groups is 2. The molecule has 0 unspecified atom stereocenters. The van der Waals surface area contributed by atoms with E-state index in [0.29, 0.717) is 12.8 Å². The lowest BCUT2D eigenvalue weighted by atomic mass is 9.97. The van der Waals surface area contributed by atoms with Gasteiger partial charge < -0.3 is 9.64 Å².